The van der Waals surface area contributed by atoms with Crippen molar-refractivity contribution in [2.24, 2.45) is 52.3 Å². The molecule has 0 aromatic heterocycles. The molecule has 3 aromatic carbocycles. The van der Waals surface area contributed by atoms with Crippen LogP contribution in [0.4, 0.5) is 0 Å². The monoisotopic (exact) mass is 749 g/mol. The molecule has 0 heterocycles. The summed E-state index contributed by atoms with van der Waals surface area (Å²) in [6.45, 7) is 13.8. The predicted molar refractivity (Wildman–Crippen MR) is 221 cm³/mol. The molecule has 3 aromatic rings. The van der Waals surface area contributed by atoms with Gasteiger partial charge >= 0.3 is 0 Å². The molecule has 7 rings (SSSR count). The molecule has 5 nitrogen and oxygen atoms in total. The maximum Gasteiger partial charge on any atom is 0.0878 e. The van der Waals surface area contributed by atoms with Crippen LogP contribution in [0.5, 0.6) is 0 Å². The molecule has 0 bridgehead atoms. The van der Waals surface area contributed by atoms with E-state index in [0.29, 0.717) is 55.3 Å². The van der Waals surface area contributed by atoms with Crippen LogP contribution in [0.3, 0.4) is 0 Å². The van der Waals surface area contributed by atoms with Gasteiger partial charge in [0.15, 0.2) is 0 Å². The summed E-state index contributed by atoms with van der Waals surface area (Å²) < 4.78 is 21.4. The molecule has 0 saturated heterocycles. The second kappa shape index (κ2) is 17.8. The molecule has 3 saturated carbocycles. The van der Waals surface area contributed by atoms with Gasteiger partial charge in [-0.1, -0.05) is 137 Å². The second-order valence-electron chi connectivity index (χ2n) is 18.6. The molecule has 2 N–H and O–H groups in total. The van der Waals surface area contributed by atoms with Gasteiger partial charge in [0.1, 0.15) is 0 Å². The first-order valence-electron chi connectivity index (χ1n) is 21.6. The first kappa shape index (κ1) is 40.4. The fraction of sp³-hybridized carbons (Fsp3) is 0.600. The van der Waals surface area contributed by atoms with Crippen molar-refractivity contribution in [3.63, 3.8) is 0 Å². The van der Waals surface area contributed by atoms with Crippen molar-refractivity contribution < 1.29 is 24.4 Å². The number of rotatable bonds is 16. The molecule has 3 fully saturated rings. The van der Waals surface area contributed by atoms with Gasteiger partial charge in [0.2, 0.25) is 0 Å². The first-order valence-corrected chi connectivity index (χ1v) is 21.6. The molecule has 4 aliphatic rings. The van der Waals surface area contributed by atoms with Crippen LogP contribution in [0.25, 0.3) is 0 Å². The van der Waals surface area contributed by atoms with E-state index in [1.165, 1.54) is 22.3 Å². The molecule has 55 heavy (non-hydrogen) atoms. The number of allylic oxidation sites excluding steroid dienone is 1. The highest BCUT2D eigenvalue weighted by Crippen LogP contribution is 2.68. The zero-order valence-corrected chi connectivity index (χ0v) is 34.2. The van der Waals surface area contributed by atoms with Gasteiger partial charge in [0.25, 0.3) is 0 Å². The van der Waals surface area contributed by atoms with Gasteiger partial charge in [0.05, 0.1) is 44.2 Å². The van der Waals surface area contributed by atoms with Crippen LogP contribution >= 0.6 is 0 Å². The quantitative estimate of drug-likeness (QED) is 0.143. The van der Waals surface area contributed by atoms with Gasteiger partial charge < -0.3 is 24.4 Å². The number of hydrogen-bond donors (Lipinski definition) is 2. The average molecular weight is 749 g/mol. The van der Waals surface area contributed by atoms with E-state index in [4.69, 9.17) is 14.2 Å². The molecule has 5 heteroatoms. The summed E-state index contributed by atoms with van der Waals surface area (Å²) in [6.07, 6.45) is 10.1. The van der Waals surface area contributed by atoms with E-state index in [-0.39, 0.29) is 41.7 Å². The molecule has 4 aliphatic carbocycles. The Hall–Kier alpha value is -2.80. The fourth-order valence-electron chi connectivity index (χ4n) is 12.0. The zero-order chi connectivity index (χ0) is 38.6. The smallest absolute Gasteiger partial charge is 0.0878 e. The molecule has 298 valence electrons. The summed E-state index contributed by atoms with van der Waals surface area (Å²) >= 11 is 0. The summed E-state index contributed by atoms with van der Waals surface area (Å²) in [5.41, 5.74) is 5.17. The molecule has 0 amide bonds. The fourth-order valence-corrected chi connectivity index (χ4v) is 12.0. The van der Waals surface area contributed by atoms with Crippen molar-refractivity contribution >= 4 is 0 Å². The van der Waals surface area contributed by atoms with Crippen molar-refractivity contribution in [2.75, 3.05) is 6.61 Å². The van der Waals surface area contributed by atoms with E-state index in [2.05, 4.69) is 132 Å². The average Bonchev–Trinajstić information content (AvgIpc) is 3.56. The number of hydrogen-bond acceptors (Lipinski definition) is 5. The Morgan fingerprint density at radius 3 is 1.82 bits per heavy atom. The third-order valence-corrected chi connectivity index (χ3v) is 15.2. The standard InChI is InChI=1S/C50H68O5/c1-34(2)39(25-28-51)29-45(52)35(3)41-21-22-42-46-43(24-27-49(41,42)4)50(5)26-23-40(53-31-36-15-9-6-10-16-36)30-44(50)47(54-32-37-17-11-7-12-18-37)48(46)55-33-38-19-13-8-14-20-38/h6-21,34-35,39-40,42-48,51-52H,22-33H2,1-5H3/t35?,39?,40-,42?,43?,44?,45?,46?,47-,48?,49-,50-/m1/s1. The third-order valence-electron chi connectivity index (χ3n) is 15.2. The number of aliphatic hydroxyl groups is 2. The normalized spacial score (nSPS) is 33.2. The van der Waals surface area contributed by atoms with Gasteiger partial charge in [-0.25, -0.2) is 0 Å². The van der Waals surface area contributed by atoms with Crippen LogP contribution in [0.15, 0.2) is 103 Å². The minimum Gasteiger partial charge on any atom is -0.396 e. The molecule has 0 spiro atoms. The van der Waals surface area contributed by atoms with Gasteiger partial charge in [-0.05, 0) is 114 Å². The van der Waals surface area contributed by atoms with Crippen LogP contribution in [0.2, 0.25) is 0 Å². The molecular weight excluding hydrogens is 681 g/mol. The Morgan fingerprint density at radius 1 is 0.691 bits per heavy atom. The third kappa shape index (κ3) is 8.58. The van der Waals surface area contributed by atoms with Crippen LogP contribution in [-0.4, -0.2) is 41.2 Å². The predicted octanol–water partition coefficient (Wildman–Crippen LogP) is 10.6. The molecule has 12 atom stereocenters. The Morgan fingerprint density at radius 2 is 1.25 bits per heavy atom. The SMILES string of the molecule is CC(C)C(CCO)CC(O)C(C)C1=CCC2C3C(OCc4ccccc4)[C@H](OCc4ccccc4)C4C[C@H](OCc5ccccc5)CC[C@]4(C)C3CC[C@]12C. The van der Waals surface area contributed by atoms with Crippen LogP contribution < -0.4 is 0 Å². The van der Waals surface area contributed by atoms with Crippen molar-refractivity contribution in [3.05, 3.63) is 119 Å². The van der Waals surface area contributed by atoms with Crippen molar-refractivity contribution in [1.82, 2.24) is 0 Å². The van der Waals surface area contributed by atoms with Gasteiger partial charge in [-0.15, -0.1) is 0 Å². The van der Waals surface area contributed by atoms with E-state index in [1.54, 1.807) is 0 Å². The highest BCUT2D eigenvalue weighted by Gasteiger charge is 2.65. The van der Waals surface area contributed by atoms with E-state index < -0.39 is 6.10 Å². The van der Waals surface area contributed by atoms with Gasteiger partial charge in [-0.3, -0.25) is 0 Å². The second-order valence-corrected chi connectivity index (χ2v) is 18.6. The van der Waals surface area contributed by atoms with Crippen molar-refractivity contribution in [2.45, 2.75) is 130 Å². The Bertz CT molecular complexity index is 1660. The Labute approximate surface area is 331 Å². The summed E-state index contributed by atoms with van der Waals surface area (Å²) in [4.78, 5) is 0. The Kier molecular flexibility index (Phi) is 13.1. The van der Waals surface area contributed by atoms with E-state index >= 15 is 0 Å². The number of ether oxygens (including phenoxy) is 3. The van der Waals surface area contributed by atoms with Crippen molar-refractivity contribution in [1.29, 1.82) is 0 Å². The summed E-state index contributed by atoms with van der Waals surface area (Å²) in [7, 11) is 0. The minimum atomic E-state index is -0.426. The Balaban J connectivity index is 1.21. The lowest BCUT2D eigenvalue weighted by molar-refractivity contribution is -0.252. The topological polar surface area (TPSA) is 68.2 Å². The number of aliphatic hydroxyl groups excluding tert-OH is 2. The van der Waals surface area contributed by atoms with E-state index in [1.807, 2.05) is 0 Å². The van der Waals surface area contributed by atoms with E-state index in [0.717, 1.165) is 51.4 Å². The molecule has 0 radical (unpaired) electrons. The van der Waals surface area contributed by atoms with Crippen LogP contribution in [-0.2, 0) is 34.0 Å². The van der Waals surface area contributed by atoms with Crippen LogP contribution in [0.1, 0.15) is 103 Å². The van der Waals surface area contributed by atoms with Gasteiger partial charge in [-0.2, -0.15) is 0 Å². The van der Waals surface area contributed by atoms with Crippen molar-refractivity contribution in [3.8, 4) is 0 Å². The molecule has 8 unspecified atom stereocenters. The minimum absolute atomic E-state index is 0.0105. The largest absolute Gasteiger partial charge is 0.396 e. The lowest BCUT2D eigenvalue weighted by Crippen LogP contribution is -2.65. The lowest BCUT2D eigenvalue weighted by atomic mass is 9.43. The number of benzene rings is 3. The molecule has 0 aliphatic heterocycles. The summed E-state index contributed by atoms with van der Waals surface area (Å²) in [5.74, 6) is 2.39. The van der Waals surface area contributed by atoms with Gasteiger partial charge in [0, 0.05) is 12.5 Å². The maximum atomic E-state index is 11.8. The first-order chi connectivity index (χ1) is 26.6. The van der Waals surface area contributed by atoms with Crippen LogP contribution in [0, 0.1) is 52.3 Å². The summed E-state index contributed by atoms with van der Waals surface area (Å²) in [6, 6.07) is 31.9. The number of fused-ring (bicyclic) bond motifs is 5. The zero-order valence-electron chi connectivity index (χ0n) is 34.2. The lowest BCUT2D eigenvalue weighted by Gasteiger charge is -2.65. The highest BCUT2D eigenvalue weighted by atomic mass is 16.5. The maximum absolute atomic E-state index is 11.8. The highest BCUT2D eigenvalue weighted by molar-refractivity contribution is 5.29. The molecular formula is C50H68O5. The summed E-state index contributed by atoms with van der Waals surface area (Å²) in [5, 5.41) is 21.6. The van der Waals surface area contributed by atoms with E-state index in [9.17, 15) is 10.2 Å².